The van der Waals surface area contributed by atoms with Gasteiger partial charge in [0.1, 0.15) is 11.3 Å². The van der Waals surface area contributed by atoms with Crippen molar-refractivity contribution < 1.29 is 19.4 Å². The lowest BCUT2D eigenvalue weighted by molar-refractivity contribution is -0.0715. The normalized spacial score (nSPS) is 25.3. The van der Waals surface area contributed by atoms with Crippen molar-refractivity contribution in [2.24, 2.45) is 0 Å². The number of hydrogen-bond acceptors (Lipinski definition) is 4. The second kappa shape index (κ2) is 6.62. The lowest BCUT2D eigenvalue weighted by Crippen LogP contribution is -2.50. The summed E-state index contributed by atoms with van der Waals surface area (Å²) < 4.78 is 11.4. The van der Waals surface area contributed by atoms with Crippen LogP contribution >= 0.6 is 0 Å². The Morgan fingerprint density at radius 1 is 1.48 bits per heavy atom. The molecule has 1 heterocycles. The minimum Gasteiger partial charge on any atom is -0.444 e. The Bertz CT molecular complexity index is 409. The lowest BCUT2D eigenvalue weighted by Gasteiger charge is -2.34. The molecular formula is C16H27NO4. The van der Waals surface area contributed by atoms with E-state index >= 15 is 0 Å². The van der Waals surface area contributed by atoms with E-state index in [9.17, 15) is 4.79 Å². The highest BCUT2D eigenvalue weighted by molar-refractivity contribution is 5.70. The number of aliphatic hydroxyl groups is 1. The summed E-state index contributed by atoms with van der Waals surface area (Å²) in [5.41, 5.74) is -1.34. The van der Waals surface area contributed by atoms with Crippen molar-refractivity contribution in [1.82, 2.24) is 4.90 Å². The zero-order valence-electron chi connectivity index (χ0n) is 13.6. The summed E-state index contributed by atoms with van der Waals surface area (Å²) in [7, 11) is 0. The number of rotatable bonds is 4. The number of carbonyl (C=O) groups is 1. The van der Waals surface area contributed by atoms with Crippen LogP contribution in [0.1, 0.15) is 41.0 Å². The van der Waals surface area contributed by atoms with Crippen molar-refractivity contribution in [2.45, 2.75) is 64.5 Å². The molecule has 120 valence electrons. The third-order valence-electron chi connectivity index (χ3n) is 3.15. The minimum atomic E-state index is -0.777. The fraction of sp³-hybridized carbons (Fsp3) is 0.688. The molecule has 0 radical (unpaired) electrons. The van der Waals surface area contributed by atoms with E-state index in [0.29, 0.717) is 6.42 Å². The van der Waals surface area contributed by atoms with Crippen LogP contribution in [0.25, 0.3) is 0 Å². The van der Waals surface area contributed by atoms with E-state index in [1.54, 1.807) is 23.1 Å². The quantitative estimate of drug-likeness (QED) is 0.811. The summed E-state index contributed by atoms with van der Waals surface area (Å²) >= 11 is 0. The van der Waals surface area contributed by atoms with Crippen molar-refractivity contribution >= 4 is 6.09 Å². The maximum absolute atomic E-state index is 12.5. The van der Waals surface area contributed by atoms with Crippen molar-refractivity contribution in [3.63, 3.8) is 0 Å². The maximum Gasteiger partial charge on any atom is 0.412 e. The van der Waals surface area contributed by atoms with Crippen molar-refractivity contribution in [3.05, 3.63) is 24.8 Å². The smallest absolute Gasteiger partial charge is 0.412 e. The van der Waals surface area contributed by atoms with Gasteiger partial charge in [0.15, 0.2) is 0 Å². The Hall–Kier alpha value is -1.33. The third-order valence-corrected chi connectivity index (χ3v) is 3.15. The van der Waals surface area contributed by atoms with E-state index in [2.05, 4.69) is 6.58 Å². The first-order chi connectivity index (χ1) is 9.62. The van der Waals surface area contributed by atoms with Gasteiger partial charge in [-0.2, -0.15) is 0 Å². The summed E-state index contributed by atoms with van der Waals surface area (Å²) in [5, 5.41) is 8.93. The first-order valence-corrected chi connectivity index (χ1v) is 7.21. The van der Waals surface area contributed by atoms with Gasteiger partial charge in [-0.1, -0.05) is 18.2 Å². The molecule has 1 unspecified atom stereocenters. The van der Waals surface area contributed by atoms with Crippen molar-refractivity contribution in [2.75, 3.05) is 6.61 Å². The van der Waals surface area contributed by atoms with E-state index in [1.165, 1.54) is 0 Å². The average Bonchev–Trinajstić information content (AvgIpc) is 2.56. The van der Waals surface area contributed by atoms with E-state index in [1.807, 2.05) is 34.6 Å². The Labute approximate surface area is 127 Å². The molecule has 1 rings (SSSR count). The first kappa shape index (κ1) is 17.7. The van der Waals surface area contributed by atoms with Crippen LogP contribution in [-0.4, -0.2) is 46.2 Å². The molecule has 0 bridgehead atoms. The van der Waals surface area contributed by atoms with Gasteiger partial charge >= 0.3 is 6.09 Å². The molecule has 1 amide bonds. The second-order valence-corrected chi connectivity index (χ2v) is 6.58. The van der Waals surface area contributed by atoms with Crippen LogP contribution in [0.5, 0.6) is 0 Å². The van der Waals surface area contributed by atoms with Crippen LogP contribution in [0.4, 0.5) is 4.79 Å². The number of carbonyl (C=O) groups excluding carboxylic acids is 1. The average molecular weight is 297 g/mol. The molecule has 21 heavy (non-hydrogen) atoms. The third kappa shape index (κ3) is 4.58. The molecule has 2 atom stereocenters. The Kier molecular flexibility index (Phi) is 5.59. The standard InChI is InChI=1S/C16H27NO4/c1-7-9-12-13(10-8-11-18)20-16(5,6)17(12)14(19)21-15(2,3)4/h7-8,10,12-13,18H,1,9,11H2,2-6H3/b10-8+/t12?,13-/m0/s1. The Morgan fingerprint density at radius 2 is 2.10 bits per heavy atom. The van der Waals surface area contributed by atoms with Crippen molar-refractivity contribution in [1.29, 1.82) is 0 Å². The molecule has 0 aromatic heterocycles. The van der Waals surface area contributed by atoms with E-state index in [4.69, 9.17) is 14.6 Å². The number of hydrogen-bond donors (Lipinski definition) is 1. The fourth-order valence-corrected chi connectivity index (χ4v) is 2.45. The highest BCUT2D eigenvalue weighted by Gasteiger charge is 2.49. The Balaban J connectivity index is 3.03. The SMILES string of the molecule is C=CCC1[C@H](/C=C/CO)OC(C)(C)N1C(=O)OC(C)(C)C. The molecule has 0 aromatic carbocycles. The van der Waals surface area contributed by atoms with Crippen LogP contribution < -0.4 is 0 Å². The van der Waals surface area contributed by atoms with Gasteiger partial charge in [0.2, 0.25) is 0 Å². The summed E-state index contributed by atoms with van der Waals surface area (Å²) in [6, 6.07) is -0.199. The zero-order valence-corrected chi connectivity index (χ0v) is 13.6. The summed E-state index contributed by atoms with van der Waals surface area (Å²) in [5.74, 6) is 0. The van der Waals surface area contributed by atoms with Crippen LogP contribution in [0.3, 0.4) is 0 Å². The van der Waals surface area contributed by atoms with Crippen LogP contribution in [-0.2, 0) is 9.47 Å². The molecule has 1 saturated heterocycles. The first-order valence-electron chi connectivity index (χ1n) is 7.21. The molecule has 1 aliphatic heterocycles. The molecule has 1 aliphatic rings. The largest absolute Gasteiger partial charge is 0.444 e. The van der Waals surface area contributed by atoms with Gasteiger partial charge in [0.25, 0.3) is 0 Å². The fourth-order valence-electron chi connectivity index (χ4n) is 2.45. The molecular weight excluding hydrogens is 270 g/mol. The van der Waals surface area contributed by atoms with Gasteiger partial charge in [0.05, 0.1) is 18.8 Å². The van der Waals surface area contributed by atoms with E-state index in [0.717, 1.165) is 0 Å². The molecule has 0 spiro atoms. The van der Waals surface area contributed by atoms with Crippen molar-refractivity contribution in [3.8, 4) is 0 Å². The van der Waals surface area contributed by atoms with Gasteiger partial charge in [-0.3, -0.25) is 4.90 Å². The maximum atomic E-state index is 12.5. The predicted octanol–water partition coefficient (Wildman–Crippen LogP) is 2.85. The molecule has 1 N–H and O–H groups in total. The van der Waals surface area contributed by atoms with Crippen LogP contribution in [0.2, 0.25) is 0 Å². The highest BCUT2D eigenvalue weighted by Crippen LogP contribution is 2.35. The zero-order chi connectivity index (χ0) is 16.3. The van der Waals surface area contributed by atoms with E-state index < -0.39 is 17.4 Å². The monoisotopic (exact) mass is 297 g/mol. The highest BCUT2D eigenvalue weighted by atomic mass is 16.6. The topological polar surface area (TPSA) is 59.0 Å². The van der Waals surface area contributed by atoms with Gasteiger partial charge in [-0.05, 0) is 41.0 Å². The number of amides is 1. The lowest BCUT2D eigenvalue weighted by atomic mass is 10.1. The van der Waals surface area contributed by atoms with Crippen LogP contribution in [0.15, 0.2) is 24.8 Å². The summed E-state index contributed by atoms with van der Waals surface area (Å²) in [4.78, 5) is 14.1. The molecule has 1 fully saturated rings. The van der Waals surface area contributed by atoms with Gasteiger partial charge in [-0.15, -0.1) is 6.58 Å². The van der Waals surface area contributed by atoms with Gasteiger partial charge < -0.3 is 14.6 Å². The molecule has 0 aliphatic carbocycles. The molecule has 5 heteroatoms. The molecule has 5 nitrogen and oxygen atoms in total. The molecule has 0 aromatic rings. The number of ether oxygens (including phenoxy) is 2. The number of nitrogens with zero attached hydrogens (tertiary/aromatic N) is 1. The van der Waals surface area contributed by atoms with Gasteiger partial charge in [0, 0.05) is 0 Å². The Morgan fingerprint density at radius 3 is 2.57 bits per heavy atom. The van der Waals surface area contributed by atoms with E-state index in [-0.39, 0.29) is 18.8 Å². The second-order valence-electron chi connectivity index (χ2n) is 6.58. The number of aliphatic hydroxyl groups excluding tert-OH is 1. The summed E-state index contributed by atoms with van der Waals surface area (Å²) in [6.45, 7) is 12.9. The van der Waals surface area contributed by atoms with Gasteiger partial charge in [-0.25, -0.2) is 4.79 Å². The minimum absolute atomic E-state index is 0.0620. The summed E-state index contributed by atoms with van der Waals surface area (Å²) in [6.07, 6.45) is 5.04. The predicted molar refractivity (Wildman–Crippen MR) is 81.9 cm³/mol. The van der Waals surface area contributed by atoms with Crippen LogP contribution in [0, 0.1) is 0 Å². The molecule has 0 saturated carbocycles.